The van der Waals surface area contributed by atoms with Crippen LogP contribution in [0.4, 0.5) is 0 Å². The van der Waals surface area contributed by atoms with Crippen molar-refractivity contribution in [2.24, 2.45) is 0 Å². The number of H-pyrrole nitrogens is 1. The molecule has 0 atom stereocenters. The number of hydrogen-bond acceptors (Lipinski definition) is 4. The Balaban J connectivity index is 2.19. The highest BCUT2D eigenvalue weighted by molar-refractivity contribution is 7.89. The van der Waals surface area contributed by atoms with Gasteiger partial charge in [-0.25, -0.2) is 13.1 Å². The van der Waals surface area contributed by atoms with E-state index in [0.717, 1.165) is 25.7 Å². The molecule has 6 nitrogen and oxygen atoms in total. The minimum atomic E-state index is -3.54. The zero-order valence-corrected chi connectivity index (χ0v) is 12.3. The lowest BCUT2D eigenvalue weighted by Crippen LogP contribution is -2.47. The molecular weight excluding hydrogens is 264 g/mol. The van der Waals surface area contributed by atoms with E-state index in [0.29, 0.717) is 12.1 Å². The Morgan fingerprint density at radius 3 is 2.68 bits per heavy atom. The normalized spacial score (nSPS) is 19.5. The first kappa shape index (κ1) is 14.5. The van der Waals surface area contributed by atoms with Crippen molar-refractivity contribution >= 4 is 10.0 Å². The van der Waals surface area contributed by atoms with Crippen molar-refractivity contribution in [1.29, 1.82) is 0 Å². The van der Waals surface area contributed by atoms with E-state index >= 15 is 0 Å². The van der Waals surface area contributed by atoms with Crippen molar-refractivity contribution in [3.8, 4) is 0 Å². The van der Waals surface area contributed by atoms with Crippen molar-refractivity contribution in [3.63, 3.8) is 0 Å². The van der Waals surface area contributed by atoms with Crippen LogP contribution >= 0.6 is 0 Å². The number of nitrogens with one attached hydrogen (secondary N) is 3. The van der Waals surface area contributed by atoms with E-state index in [9.17, 15) is 8.42 Å². The first-order valence-electron chi connectivity index (χ1n) is 6.68. The largest absolute Gasteiger partial charge is 0.316 e. The highest BCUT2D eigenvalue weighted by Crippen LogP contribution is 2.29. The number of aromatic amines is 1. The topological polar surface area (TPSA) is 86.9 Å². The number of sulfonamides is 1. The van der Waals surface area contributed by atoms with Gasteiger partial charge >= 0.3 is 0 Å². The average molecular weight is 286 g/mol. The van der Waals surface area contributed by atoms with Crippen molar-refractivity contribution in [2.45, 2.75) is 56.1 Å². The van der Waals surface area contributed by atoms with Crippen LogP contribution in [0.3, 0.4) is 0 Å². The highest BCUT2D eigenvalue weighted by atomic mass is 32.2. The lowest BCUT2D eigenvalue weighted by atomic mass is 9.84. The summed E-state index contributed by atoms with van der Waals surface area (Å²) in [5, 5.41) is 9.55. The molecule has 108 valence electrons. The van der Waals surface area contributed by atoms with E-state index in [-0.39, 0.29) is 10.6 Å². The molecule has 0 saturated heterocycles. The molecule has 0 spiro atoms. The molecule has 0 radical (unpaired) electrons. The number of nitrogens with zero attached hydrogens (tertiary/aromatic N) is 1. The average Bonchev–Trinajstić information content (AvgIpc) is 2.78. The molecule has 0 unspecified atom stereocenters. The van der Waals surface area contributed by atoms with Crippen LogP contribution in [-0.2, 0) is 16.6 Å². The summed E-state index contributed by atoms with van der Waals surface area (Å²) in [6.07, 6.45) is 6.67. The van der Waals surface area contributed by atoms with Crippen molar-refractivity contribution in [2.75, 3.05) is 7.05 Å². The molecule has 1 aliphatic rings. The summed E-state index contributed by atoms with van der Waals surface area (Å²) in [5.74, 6) is 0. The third-order valence-corrected chi connectivity index (χ3v) is 5.30. The van der Waals surface area contributed by atoms with E-state index in [4.69, 9.17) is 0 Å². The van der Waals surface area contributed by atoms with Crippen LogP contribution < -0.4 is 10.0 Å². The van der Waals surface area contributed by atoms with Gasteiger partial charge in [-0.05, 0) is 26.8 Å². The van der Waals surface area contributed by atoms with E-state index in [1.54, 1.807) is 13.2 Å². The summed E-state index contributed by atoms with van der Waals surface area (Å²) in [4.78, 5) is 0. The fourth-order valence-electron chi connectivity index (χ4n) is 2.66. The van der Waals surface area contributed by atoms with Gasteiger partial charge in [0.2, 0.25) is 0 Å². The van der Waals surface area contributed by atoms with Crippen LogP contribution in [0.15, 0.2) is 11.2 Å². The van der Waals surface area contributed by atoms with Crippen LogP contribution in [0, 0.1) is 0 Å². The Kier molecular flexibility index (Phi) is 4.27. The predicted molar refractivity (Wildman–Crippen MR) is 73.2 cm³/mol. The van der Waals surface area contributed by atoms with Crippen LogP contribution in [0.25, 0.3) is 0 Å². The maximum absolute atomic E-state index is 12.5. The minimum absolute atomic E-state index is 0.175. The van der Waals surface area contributed by atoms with Gasteiger partial charge in [0.15, 0.2) is 5.03 Å². The Labute approximate surface area is 114 Å². The predicted octanol–water partition coefficient (Wildman–Crippen LogP) is 1.13. The lowest BCUT2D eigenvalue weighted by Gasteiger charge is -2.33. The van der Waals surface area contributed by atoms with Gasteiger partial charge in [0.1, 0.15) is 0 Å². The molecule has 1 heterocycles. The lowest BCUT2D eigenvalue weighted by molar-refractivity contribution is 0.293. The molecular formula is C12H22N4O2S. The molecule has 0 amide bonds. The third kappa shape index (κ3) is 3.34. The van der Waals surface area contributed by atoms with Crippen LogP contribution in [-0.4, -0.2) is 31.2 Å². The van der Waals surface area contributed by atoms with Crippen LogP contribution in [0.1, 0.15) is 44.6 Å². The van der Waals surface area contributed by atoms with Gasteiger partial charge in [-0.2, -0.15) is 5.10 Å². The van der Waals surface area contributed by atoms with E-state index < -0.39 is 10.0 Å². The monoisotopic (exact) mass is 286 g/mol. The molecule has 0 aromatic carbocycles. The Morgan fingerprint density at radius 1 is 1.37 bits per heavy atom. The van der Waals surface area contributed by atoms with Crippen LogP contribution in [0.5, 0.6) is 0 Å². The zero-order valence-electron chi connectivity index (χ0n) is 11.5. The van der Waals surface area contributed by atoms with Gasteiger partial charge in [0.05, 0.1) is 6.20 Å². The molecule has 1 saturated carbocycles. The van der Waals surface area contributed by atoms with Gasteiger partial charge in [-0.1, -0.05) is 19.3 Å². The van der Waals surface area contributed by atoms with E-state index in [2.05, 4.69) is 20.2 Å². The third-order valence-electron chi connectivity index (χ3n) is 3.65. The smallest absolute Gasteiger partial charge is 0.258 e. The molecule has 7 heteroatoms. The minimum Gasteiger partial charge on any atom is -0.316 e. The van der Waals surface area contributed by atoms with Gasteiger partial charge in [0.25, 0.3) is 10.0 Å². The van der Waals surface area contributed by atoms with Crippen LogP contribution in [0.2, 0.25) is 0 Å². The Bertz CT molecular complexity index is 518. The maximum atomic E-state index is 12.5. The molecule has 3 N–H and O–H groups in total. The highest BCUT2D eigenvalue weighted by Gasteiger charge is 2.33. The maximum Gasteiger partial charge on any atom is 0.258 e. The standard InChI is InChI=1S/C12H22N4O2S/c1-12(6-4-3-5-7-12)16-19(17,18)11-10(8-13-2)9-14-15-11/h9,13,16H,3-8H2,1-2H3,(H,14,15). The quantitative estimate of drug-likeness (QED) is 0.757. The molecule has 1 aromatic rings. The van der Waals surface area contributed by atoms with Crippen molar-refractivity contribution in [1.82, 2.24) is 20.2 Å². The second-order valence-corrected chi connectivity index (χ2v) is 7.10. The summed E-state index contributed by atoms with van der Waals surface area (Å²) in [6, 6.07) is 0. The summed E-state index contributed by atoms with van der Waals surface area (Å²) < 4.78 is 27.8. The van der Waals surface area contributed by atoms with Gasteiger partial charge in [0, 0.05) is 17.6 Å². The fraction of sp³-hybridized carbons (Fsp3) is 0.750. The molecule has 1 aromatic heterocycles. The van der Waals surface area contributed by atoms with Gasteiger partial charge in [-0.15, -0.1) is 0 Å². The number of aromatic nitrogens is 2. The fourth-order valence-corrected chi connectivity index (χ4v) is 4.26. The second-order valence-electron chi connectivity index (χ2n) is 5.48. The zero-order chi connectivity index (χ0) is 13.9. The first-order chi connectivity index (χ1) is 8.97. The number of rotatable bonds is 5. The number of hydrogen-bond donors (Lipinski definition) is 3. The molecule has 2 rings (SSSR count). The van der Waals surface area contributed by atoms with Gasteiger partial charge < -0.3 is 5.32 Å². The summed E-state index contributed by atoms with van der Waals surface area (Å²) in [7, 11) is -1.76. The summed E-state index contributed by atoms with van der Waals surface area (Å²) >= 11 is 0. The van der Waals surface area contributed by atoms with E-state index in [1.165, 1.54) is 6.42 Å². The SMILES string of the molecule is CNCc1cn[nH]c1S(=O)(=O)NC1(C)CCCCC1. The second kappa shape index (κ2) is 5.60. The van der Waals surface area contributed by atoms with Gasteiger partial charge in [-0.3, -0.25) is 5.10 Å². The molecule has 0 aliphatic heterocycles. The summed E-state index contributed by atoms with van der Waals surface area (Å²) in [6.45, 7) is 2.46. The van der Waals surface area contributed by atoms with E-state index in [1.807, 2.05) is 6.92 Å². The van der Waals surface area contributed by atoms with Crippen molar-refractivity contribution in [3.05, 3.63) is 11.8 Å². The molecule has 1 aliphatic carbocycles. The first-order valence-corrected chi connectivity index (χ1v) is 8.16. The summed E-state index contributed by atoms with van der Waals surface area (Å²) in [5.41, 5.74) is 0.327. The molecule has 0 bridgehead atoms. The molecule has 19 heavy (non-hydrogen) atoms. The Morgan fingerprint density at radius 2 is 2.05 bits per heavy atom. The van der Waals surface area contributed by atoms with Crippen molar-refractivity contribution < 1.29 is 8.42 Å². The molecule has 1 fully saturated rings. The Hall–Kier alpha value is -0.920.